The number of fused-ring (bicyclic) bond motifs is 1. The Kier molecular flexibility index (Phi) is 4.28. The molecule has 1 aromatic carbocycles. The SMILES string of the molecule is O=C(CC1COCCN1)Nc1nc2ccccc2nc1Cl. The van der Waals surface area contributed by atoms with E-state index in [4.69, 9.17) is 16.3 Å². The van der Waals surface area contributed by atoms with Crippen molar-refractivity contribution in [1.29, 1.82) is 0 Å². The minimum atomic E-state index is -0.163. The molecule has 6 nitrogen and oxygen atoms in total. The van der Waals surface area contributed by atoms with Crippen molar-refractivity contribution in [2.24, 2.45) is 0 Å². The standard InChI is InChI=1S/C14H15ClN4O2/c15-13-14(18-11-4-2-1-3-10(11)17-13)19-12(20)7-9-8-21-6-5-16-9/h1-4,9,16H,5-8H2,(H,18,19,20). The quantitative estimate of drug-likeness (QED) is 0.901. The van der Waals surface area contributed by atoms with E-state index in [-0.39, 0.29) is 22.9 Å². The van der Waals surface area contributed by atoms with Crippen LogP contribution in [0.15, 0.2) is 24.3 Å². The summed E-state index contributed by atoms with van der Waals surface area (Å²) in [6.07, 6.45) is 0.310. The fraction of sp³-hybridized carbons (Fsp3) is 0.357. The first-order chi connectivity index (χ1) is 10.2. The number of anilines is 1. The molecule has 1 fully saturated rings. The molecular formula is C14H15ClN4O2. The summed E-state index contributed by atoms with van der Waals surface area (Å²) in [4.78, 5) is 20.6. The third kappa shape index (κ3) is 3.47. The van der Waals surface area contributed by atoms with Gasteiger partial charge in [-0.15, -0.1) is 0 Å². The van der Waals surface area contributed by atoms with Crippen molar-refractivity contribution in [3.05, 3.63) is 29.4 Å². The number of benzene rings is 1. The van der Waals surface area contributed by atoms with Gasteiger partial charge in [0.1, 0.15) is 0 Å². The third-order valence-electron chi connectivity index (χ3n) is 3.22. The highest BCUT2D eigenvalue weighted by molar-refractivity contribution is 6.32. The van der Waals surface area contributed by atoms with Crippen LogP contribution < -0.4 is 10.6 Å². The highest BCUT2D eigenvalue weighted by Gasteiger charge is 2.18. The first-order valence-electron chi connectivity index (χ1n) is 6.75. The molecule has 1 aliphatic heterocycles. The molecule has 2 aromatic rings. The lowest BCUT2D eigenvalue weighted by Gasteiger charge is -2.23. The van der Waals surface area contributed by atoms with Gasteiger partial charge in [-0.1, -0.05) is 23.7 Å². The van der Waals surface area contributed by atoms with Crippen molar-refractivity contribution < 1.29 is 9.53 Å². The molecule has 1 aromatic heterocycles. The van der Waals surface area contributed by atoms with E-state index in [0.717, 1.165) is 6.54 Å². The smallest absolute Gasteiger partial charge is 0.227 e. The van der Waals surface area contributed by atoms with Crippen molar-refractivity contribution in [2.45, 2.75) is 12.5 Å². The molecule has 0 aliphatic carbocycles. The van der Waals surface area contributed by atoms with Crippen molar-refractivity contribution >= 4 is 34.4 Å². The summed E-state index contributed by atoms with van der Waals surface area (Å²) in [5.74, 6) is 0.126. The second-order valence-corrected chi connectivity index (χ2v) is 5.19. The van der Waals surface area contributed by atoms with Gasteiger partial charge in [0, 0.05) is 19.0 Å². The maximum Gasteiger partial charge on any atom is 0.227 e. The van der Waals surface area contributed by atoms with Crippen LogP contribution in [0, 0.1) is 0 Å². The van der Waals surface area contributed by atoms with Gasteiger partial charge in [0.25, 0.3) is 0 Å². The van der Waals surface area contributed by atoms with E-state index in [0.29, 0.717) is 30.7 Å². The van der Waals surface area contributed by atoms with E-state index in [1.165, 1.54) is 0 Å². The van der Waals surface area contributed by atoms with Crippen LogP contribution in [0.2, 0.25) is 5.15 Å². The number of hydrogen-bond acceptors (Lipinski definition) is 5. The van der Waals surface area contributed by atoms with E-state index >= 15 is 0 Å². The number of halogens is 1. The van der Waals surface area contributed by atoms with Crippen LogP contribution in [-0.4, -0.2) is 41.7 Å². The Bertz CT molecular complexity index is 658. The van der Waals surface area contributed by atoms with Gasteiger partial charge in [0.15, 0.2) is 11.0 Å². The number of aromatic nitrogens is 2. The molecule has 1 atom stereocenters. The van der Waals surface area contributed by atoms with Gasteiger partial charge >= 0.3 is 0 Å². The highest BCUT2D eigenvalue weighted by Crippen LogP contribution is 2.21. The molecule has 0 saturated carbocycles. The molecule has 7 heteroatoms. The molecule has 2 heterocycles. The van der Waals surface area contributed by atoms with Gasteiger partial charge in [0.05, 0.1) is 24.2 Å². The van der Waals surface area contributed by atoms with Crippen molar-refractivity contribution in [3.63, 3.8) is 0 Å². The summed E-state index contributed by atoms with van der Waals surface area (Å²) in [6.45, 7) is 1.97. The number of ether oxygens (including phenoxy) is 1. The summed E-state index contributed by atoms with van der Waals surface area (Å²) in [5.41, 5.74) is 1.39. The van der Waals surface area contributed by atoms with Crippen LogP contribution in [-0.2, 0) is 9.53 Å². The van der Waals surface area contributed by atoms with Gasteiger partial charge in [-0.05, 0) is 12.1 Å². The molecule has 0 radical (unpaired) electrons. The fourth-order valence-corrected chi connectivity index (χ4v) is 2.40. The van der Waals surface area contributed by atoms with Crippen LogP contribution in [0.4, 0.5) is 5.82 Å². The summed E-state index contributed by atoms with van der Waals surface area (Å²) < 4.78 is 5.32. The maximum atomic E-state index is 12.0. The lowest BCUT2D eigenvalue weighted by atomic mass is 10.2. The largest absolute Gasteiger partial charge is 0.378 e. The number of nitrogens with one attached hydrogen (secondary N) is 2. The predicted molar refractivity (Wildman–Crippen MR) is 80.4 cm³/mol. The average Bonchev–Trinajstić information content (AvgIpc) is 2.49. The predicted octanol–water partition coefficient (Wildman–Crippen LogP) is 1.60. The van der Waals surface area contributed by atoms with Crippen molar-refractivity contribution in [1.82, 2.24) is 15.3 Å². The minimum Gasteiger partial charge on any atom is -0.378 e. The molecule has 110 valence electrons. The van der Waals surface area contributed by atoms with Crippen molar-refractivity contribution in [2.75, 3.05) is 25.1 Å². The third-order valence-corrected chi connectivity index (χ3v) is 3.48. The molecule has 1 amide bonds. The molecule has 1 aliphatic rings. The zero-order valence-electron chi connectivity index (χ0n) is 11.3. The van der Waals surface area contributed by atoms with Crippen LogP contribution >= 0.6 is 11.6 Å². The zero-order valence-corrected chi connectivity index (χ0v) is 12.1. The molecule has 1 saturated heterocycles. The number of morpholine rings is 1. The Morgan fingerprint density at radius 3 is 2.86 bits per heavy atom. The lowest BCUT2D eigenvalue weighted by Crippen LogP contribution is -2.43. The first-order valence-corrected chi connectivity index (χ1v) is 7.13. The molecule has 1 unspecified atom stereocenters. The van der Waals surface area contributed by atoms with E-state index in [9.17, 15) is 4.79 Å². The number of rotatable bonds is 3. The zero-order chi connectivity index (χ0) is 14.7. The lowest BCUT2D eigenvalue weighted by molar-refractivity contribution is -0.117. The van der Waals surface area contributed by atoms with Gasteiger partial charge in [-0.25, -0.2) is 9.97 Å². The van der Waals surface area contributed by atoms with Gasteiger partial charge in [0.2, 0.25) is 5.91 Å². The summed E-state index contributed by atoms with van der Waals surface area (Å²) in [5, 5.41) is 6.12. The Morgan fingerprint density at radius 1 is 1.38 bits per heavy atom. The summed E-state index contributed by atoms with van der Waals surface area (Å²) in [6, 6.07) is 7.39. The van der Waals surface area contributed by atoms with E-state index in [1.54, 1.807) is 0 Å². The second kappa shape index (κ2) is 6.34. The second-order valence-electron chi connectivity index (χ2n) is 4.83. The van der Waals surface area contributed by atoms with Crippen LogP contribution in [0.3, 0.4) is 0 Å². The molecule has 3 rings (SSSR count). The summed E-state index contributed by atoms with van der Waals surface area (Å²) in [7, 11) is 0. The van der Waals surface area contributed by atoms with Crippen LogP contribution in [0.25, 0.3) is 11.0 Å². The van der Waals surface area contributed by atoms with Gasteiger partial charge in [-0.3, -0.25) is 4.79 Å². The van der Waals surface area contributed by atoms with Gasteiger partial charge < -0.3 is 15.4 Å². The Balaban J connectivity index is 1.71. The number of nitrogens with zero attached hydrogens (tertiary/aromatic N) is 2. The minimum absolute atomic E-state index is 0.0194. The fourth-order valence-electron chi connectivity index (χ4n) is 2.22. The Labute approximate surface area is 126 Å². The monoisotopic (exact) mass is 306 g/mol. The van der Waals surface area contributed by atoms with Crippen molar-refractivity contribution in [3.8, 4) is 0 Å². The Morgan fingerprint density at radius 2 is 2.14 bits per heavy atom. The topological polar surface area (TPSA) is 76.1 Å². The number of carbonyl (C=O) groups is 1. The highest BCUT2D eigenvalue weighted by atomic mass is 35.5. The normalized spacial score (nSPS) is 18.6. The number of amides is 1. The molecule has 0 bridgehead atoms. The average molecular weight is 307 g/mol. The summed E-state index contributed by atoms with van der Waals surface area (Å²) >= 11 is 6.06. The number of hydrogen-bond donors (Lipinski definition) is 2. The van der Waals surface area contributed by atoms with Crippen LogP contribution in [0.5, 0.6) is 0 Å². The molecule has 2 N–H and O–H groups in total. The first kappa shape index (κ1) is 14.2. The van der Waals surface area contributed by atoms with E-state index < -0.39 is 0 Å². The molecule has 0 spiro atoms. The van der Waals surface area contributed by atoms with E-state index in [2.05, 4.69) is 20.6 Å². The van der Waals surface area contributed by atoms with Crippen LogP contribution in [0.1, 0.15) is 6.42 Å². The van der Waals surface area contributed by atoms with E-state index in [1.807, 2.05) is 24.3 Å². The molecular weight excluding hydrogens is 292 g/mol. The number of para-hydroxylation sites is 2. The molecule has 21 heavy (non-hydrogen) atoms. The Hall–Kier alpha value is -1.76. The maximum absolute atomic E-state index is 12.0. The number of carbonyl (C=O) groups excluding carboxylic acids is 1. The van der Waals surface area contributed by atoms with Gasteiger partial charge in [-0.2, -0.15) is 0 Å².